The molecule has 0 unspecified atom stereocenters. The van der Waals surface area contributed by atoms with Crippen LogP contribution in [0.4, 0.5) is 10.2 Å². The third-order valence-electron chi connectivity index (χ3n) is 2.57. The van der Waals surface area contributed by atoms with Gasteiger partial charge in [0.25, 0.3) is 0 Å². The number of anilines is 1. The fourth-order valence-electron chi connectivity index (χ4n) is 1.68. The van der Waals surface area contributed by atoms with Crippen molar-refractivity contribution >= 4 is 44.3 Å². The first kappa shape index (κ1) is 14.6. The molecule has 0 saturated heterocycles. The predicted molar refractivity (Wildman–Crippen MR) is 86.3 cm³/mol. The van der Waals surface area contributed by atoms with E-state index in [0.29, 0.717) is 21.7 Å². The van der Waals surface area contributed by atoms with Gasteiger partial charge in [-0.25, -0.2) is 14.4 Å². The maximum Gasteiger partial charge on any atom is 0.161 e. The molecule has 2 aromatic rings. The number of nitrogens with two attached hydrogens (primary N) is 1. The van der Waals surface area contributed by atoms with E-state index < -0.39 is 0 Å². The number of hydrogen-bond acceptors (Lipinski definition) is 3. The van der Waals surface area contributed by atoms with Crippen LogP contribution in [0.2, 0.25) is 0 Å². The van der Waals surface area contributed by atoms with E-state index in [0.717, 1.165) is 9.26 Å². The number of nitrogens with zero attached hydrogens (tertiary/aromatic N) is 2. The molecule has 100 valence electrons. The summed E-state index contributed by atoms with van der Waals surface area (Å²) in [6.07, 6.45) is 0. The van der Waals surface area contributed by atoms with Gasteiger partial charge in [-0.1, -0.05) is 29.8 Å². The maximum absolute atomic E-state index is 13.4. The largest absolute Gasteiger partial charge is 0.383 e. The molecule has 1 aromatic carbocycles. The van der Waals surface area contributed by atoms with Crippen molar-refractivity contribution in [3.05, 3.63) is 37.8 Å². The van der Waals surface area contributed by atoms with Gasteiger partial charge in [-0.15, -0.1) is 0 Å². The van der Waals surface area contributed by atoms with Gasteiger partial charge in [0, 0.05) is 10.0 Å². The number of benzene rings is 1. The molecule has 1 aromatic heterocycles. The van der Waals surface area contributed by atoms with Crippen LogP contribution in [0.25, 0.3) is 11.4 Å². The molecule has 0 aliphatic rings. The first-order valence-electron chi connectivity index (χ1n) is 5.68. The second-order valence-corrected chi connectivity index (χ2v) is 6.44. The summed E-state index contributed by atoms with van der Waals surface area (Å²) < 4.78 is 14.9. The Labute approximate surface area is 133 Å². The minimum Gasteiger partial charge on any atom is -0.383 e. The molecule has 6 heteroatoms. The topological polar surface area (TPSA) is 51.8 Å². The fourth-order valence-corrected chi connectivity index (χ4v) is 3.01. The van der Waals surface area contributed by atoms with E-state index in [1.54, 1.807) is 6.07 Å². The number of nitrogen functional groups attached to an aromatic ring is 1. The first-order valence-corrected chi connectivity index (χ1v) is 7.55. The Bertz CT molecular complexity index is 611. The molecular formula is C13H12BrFIN3. The Kier molecular flexibility index (Phi) is 4.39. The van der Waals surface area contributed by atoms with Gasteiger partial charge in [0.05, 0.1) is 9.26 Å². The first-order chi connectivity index (χ1) is 8.88. The molecule has 0 bridgehead atoms. The monoisotopic (exact) mass is 435 g/mol. The molecule has 0 aliphatic heterocycles. The highest BCUT2D eigenvalue weighted by Crippen LogP contribution is 2.28. The molecule has 0 radical (unpaired) electrons. The lowest BCUT2D eigenvalue weighted by molar-refractivity contribution is 0.627. The van der Waals surface area contributed by atoms with Gasteiger partial charge in [0.1, 0.15) is 11.6 Å². The van der Waals surface area contributed by atoms with E-state index in [1.807, 2.05) is 13.8 Å². The van der Waals surface area contributed by atoms with Crippen molar-refractivity contribution in [2.45, 2.75) is 19.8 Å². The summed E-state index contributed by atoms with van der Waals surface area (Å²) in [7, 11) is 0. The molecule has 0 saturated carbocycles. The van der Waals surface area contributed by atoms with Crippen molar-refractivity contribution < 1.29 is 4.39 Å². The average molecular weight is 436 g/mol. The minimum atomic E-state index is -0.337. The van der Waals surface area contributed by atoms with Crippen molar-refractivity contribution in [3.8, 4) is 11.4 Å². The SMILES string of the molecule is CC(C)c1nc(-c2cc(F)cc(Br)c2)nc(N)c1I. The Morgan fingerprint density at radius 1 is 1.26 bits per heavy atom. The standard InChI is InChI=1S/C13H12BrFIN3/c1-6(2)11-10(16)12(17)19-13(18-11)7-3-8(14)5-9(15)4-7/h3-6H,1-2H3,(H2,17,18,19). The van der Waals surface area contributed by atoms with Gasteiger partial charge >= 0.3 is 0 Å². The second-order valence-electron chi connectivity index (χ2n) is 4.44. The molecule has 0 fully saturated rings. The quantitative estimate of drug-likeness (QED) is 0.713. The zero-order chi connectivity index (χ0) is 14.2. The van der Waals surface area contributed by atoms with Crippen LogP contribution >= 0.6 is 38.5 Å². The summed E-state index contributed by atoms with van der Waals surface area (Å²) in [4.78, 5) is 8.74. The van der Waals surface area contributed by atoms with Crippen molar-refractivity contribution in [2.75, 3.05) is 5.73 Å². The molecule has 0 aliphatic carbocycles. The van der Waals surface area contributed by atoms with Crippen LogP contribution in [0, 0.1) is 9.39 Å². The molecule has 19 heavy (non-hydrogen) atoms. The lowest BCUT2D eigenvalue weighted by Gasteiger charge is -2.11. The lowest BCUT2D eigenvalue weighted by Crippen LogP contribution is -2.06. The van der Waals surface area contributed by atoms with E-state index in [-0.39, 0.29) is 11.7 Å². The third-order valence-corrected chi connectivity index (χ3v) is 4.13. The average Bonchev–Trinajstić information content (AvgIpc) is 2.30. The highest BCUT2D eigenvalue weighted by Gasteiger charge is 2.14. The lowest BCUT2D eigenvalue weighted by atomic mass is 10.1. The van der Waals surface area contributed by atoms with Crippen LogP contribution in [0.15, 0.2) is 22.7 Å². The van der Waals surface area contributed by atoms with E-state index in [9.17, 15) is 4.39 Å². The minimum absolute atomic E-state index is 0.230. The number of aromatic nitrogens is 2. The second kappa shape index (κ2) is 5.70. The van der Waals surface area contributed by atoms with E-state index >= 15 is 0 Å². The highest BCUT2D eigenvalue weighted by molar-refractivity contribution is 14.1. The van der Waals surface area contributed by atoms with E-state index in [1.165, 1.54) is 12.1 Å². The number of halogens is 3. The molecule has 3 nitrogen and oxygen atoms in total. The summed E-state index contributed by atoms with van der Waals surface area (Å²) >= 11 is 5.40. The molecule has 0 atom stereocenters. The zero-order valence-electron chi connectivity index (χ0n) is 10.4. The van der Waals surface area contributed by atoms with Crippen molar-refractivity contribution in [1.82, 2.24) is 9.97 Å². The summed E-state index contributed by atoms with van der Waals surface area (Å²) in [6, 6.07) is 4.56. The van der Waals surface area contributed by atoms with E-state index in [2.05, 4.69) is 48.5 Å². The Morgan fingerprint density at radius 3 is 2.53 bits per heavy atom. The van der Waals surface area contributed by atoms with Crippen molar-refractivity contribution in [1.29, 1.82) is 0 Å². The van der Waals surface area contributed by atoms with Crippen LogP contribution < -0.4 is 5.73 Å². The van der Waals surface area contributed by atoms with E-state index in [4.69, 9.17) is 5.73 Å². The Balaban J connectivity index is 2.62. The summed E-state index contributed by atoms with van der Waals surface area (Å²) in [5, 5.41) is 0. The smallest absolute Gasteiger partial charge is 0.161 e. The molecule has 2 N–H and O–H groups in total. The highest BCUT2D eigenvalue weighted by atomic mass is 127. The van der Waals surface area contributed by atoms with Gasteiger partial charge < -0.3 is 5.73 Å². The normalized spacial score (nSPS) is 11.1. The number of hydrogen-bond donors (Lipinski definition) is 1. The Morgan fingerprint density at radius 2 is 1.95 bits per heavy atom. The predicted octanol–water partition coefficient (Wildman–Crippen LogP) is 4.36. The third kappa shape index (κ3) is 3.22. The van der Waals surface area contributed by atoms with Crippen LogP contribution in [0.3, 0.4) is 0 Å². The van der Waals surface area contributed by atoms with Crippen molar-refractivity contribution in [2.24, 2.45) is 0 Å². The molecule has 1 heterocycles. The molecule has 0 spiro atoms. The van der Waals surface area contributed by atoms with Gasteiger partial charge in [0.15, 0.2) is 5.82 Å². The van der Waals surface area contributed by atoms with Gasteiger partial charge in [-0.3, -0.25) is 0 Å². The van der Waals surface area contributed by atoms with Crippen LogP contribution in [-0.2, 0) is 0 Å². The molecular weight excluding hydrogens is 424 g/mol. The summed E-state index contributed by atoms with van der Waals surface area (Å²) in [5.74, 6) is 0.764. The van der Waals surface area contributed by atoms with Gasteiger partial charge in [0.2, 0.25) is 0 Å². The summed E-state index contributed by atoms with van der Waals surface area (Å²) in [5.41, 5.74) is 7.40. The Hall–Kier alpha value is -0.760. The van der Waals surface area contributed by atoms with Gasteiger partial charge in [-0.2, -0.15) is 0 Å². The van der Waals surface area contributed by atoms with Crippen molar-refractivity contribution in [3.63, 3.8) is 0 Å². The number of rotatable bonds is 2. The van der Waals surface area contributed by atoms with Crippen LogP contribution in [-0.4, -0.2) is 9.97 Å². The van der Waals surface area contributed by atoms with Gasteiger partial charge in [-0.05, 0) is 46.7 Å². The van der Waals surface area contributed by atoms with Crippen LogP contribution in [0.1, 0.15) is 25.5 Å². The fraction of sp³-hybridized carbons (Fsp3) is 0.231. The molecule has 2 rings (SSSR count). The maximum atomic E-state index is 13.4. The zero-order valence-corrected chi connectivity index (χ0v) is 14.2. The van der Waals surface area contributed by atoms with Crippen LogP contribution in [0.5, 0.6) is 0 Å². The summed E-state index contributed by atoms with van der Waals surface area (Å²) in [6.45, 7) is 4.07. The molecule has 0 amide bonds.